The van der Waals surface area contributed by atoms with Crippen molar-refractivity contribution >= 4 is 15.9 Å². The van der Waals surface area contributed by atoms with Crippen LogP contribution >= 0.6 is 15.9 Å². The minimum atomic E-state index is -0.663. The fourth-order valence-corrected chi connectivity index (χ4v) is 2.45. The lowest BCUT2D eigenvalue weighted by atomic mass is 9.90. The third-order valence-corrected chi connectivity index (χ3v) is 3.82. The van der Waals surface area contributed by atoms with Crippen LogP contribution in [0.5, 0.6) is 0 Å². The van der Waals surface area contributed by atoms with Crippen molar-refractivity contribution in [2.45, 2.75) is 31.8 Å². The lowest BCUT2D eigenvalue weighted by Crippen LogP contribution is -2.27. The van der Waals surface area contributed by atoms with Gasteiger partial charge in [-0.15, -0.1) is 0 Å². The standard InChI is InChI=1S/C17H19BrO/c1-17(19,12-11-14-5-3-2-4-6-14)13-15-7-9-16(18)10-8-15/h2-10,19H,11-13H2,1H3. The molecule has 0 saturated heterocycles. The zero-order valence-electron chi connectivity index (χ0n) is 11.1. The molecule has 0 spiro atoms. The number of benzene rings is 2. The van der Waals surface area contributed by atoms with Gasteiger partial charge in [0.1, 0.15) is 0 Å². The van der Waals surface area contributed by atoms with E-state index in [4.69, 9.17) is 0 Å². The van der Waals surface area contributed by atoms with Crippen LogP contribution in [-0.2, 0) is 12.8 Å². The Kier molecular flexibility index (Phi) is 4.78. The van der Waals surface area contributed by atoms with Crippen LogP contribution in [0.4, 0.5) is 0 Å². The Hall–Kier alpha value is -1.12. The third-order valence-electron chi connectivity index (χ3n) is 3.29. The molecule has 2 aromatic carbocycles. The molecule has 2 heteroatoms. The van der Waals surface area contributed by atoms with Crippen molar-refractivity contribution in [1.29, 1.82) is 0 Å². The number of halogens is 1. The molecular weight excluding hydrogens is 300 g/mol. The molecule has 0 fully saturated rings. The Bertz CT molecular complexity index is 503. The zero-order valence-corrected chi connectivity index (χ0v) is 12.7. The minimum Gasteiger partial charge on any atom is -0.390 e. The summed E-state index contributed by atoms with van der Waals surface area (Å²) < 4.78 is 1.07. The largest absolute Gasteiger partial charge is 0.390 e. The Balaban J connectivity index is 1.93. The Morgan fingerprint density at radius 3 is 2.21 bits per heavy atom. The second-order valence-electron chi connectivity index (χ2n) is 5.29. The van der Waals surface area contributed by atoms with Gasteiger partial charge in [0.2, 0.25) is 0 Å². The van der Waals surface area contributed by atoms with Gasteiger partial charge in [0.25, 0.3) is 0 Å². The molecule has 0 aliphatic rings. The van der Waals surface area contributed by atoms with Crippen LogP contribution in [0.2, 0.25) is 0 Å². The second kappa shape index (κ2) is 6.36. The molecular formula is C17H19BrO. The number of aryl methyl sites for hydroxylation is 1. The first-order valence-corrected chi connectivity index (χ1v) is 7.35. The van der Waals surface area contributed by atoms with Crippen molar-refractivity contribution in [2.24, 2.45) is 0 Å². The molecule has 1 atom stereocenters. The van der Waals surface area contributed by atoms with Crippen LogP contribution in [0.15, 0.2) is 59.1 Å². The monoisotopic (exact) mass is 318 g/mol. The molecule has 0 heterocycles. The average Bonchev–Trinajstić information content (AvgIpc) is 2.40. The SMILES string of the molecule is CC(O)(CCc1ccccc1)Cc1ccc(Br)cc1. The highest BCUT2D eigenvalue weighted by Crippen LogP contribution is 2.21. The van der Waals surface area contributed by atoms with Crippen LogP contribution in [0.25, 0.3) is 0 Å². The molecule has 0 saturated carbocycles. The highest BCUT2D eigenvalue weighted by molar-refractivity contribution is 9.10. The molecule has 1 N–H and O–H groups in total. The summed E-state index contributed by atoms with van der Waals surface area (Å²) in [5, 5.41) is 10.5. The van der Waals surface area contributed by atoms with Crippen molar-refractivity contribution in [2.75, 3.05) is 0 Å². The fraction of sp³-hybridized carbons (Fsp3) is 0.294. The molecule has 0 bridgehead atoms. The third kappa shape index (κ3) is 4.81. The lowest BCUT2D eigenvalue weighted by Gasteiger charge is -2.23. The number of hydrogen-bond acceptors (Lipinski definition) is 1. The molecule has 100 valence electrons. The van der Waals surface area contributed by atoms with Gasteiger partial charge in [0, 0.05) is 10.9 Å². The van der Waals surface area contributed by atoms with E-state index in [-0.39, 0.29) is 0 Å². The van der Waals surface area contributed by atoms with Gasteiger partial charge in [-0.25, -0.2) is 0 Å². The molecule has 1 unspecified atom stereocenters. The van der Waals surface area contributed by atoms with E-state index in [1.165, 1.54) is 11.1 Å². The molecule has 0 aromatic heterocycles. The Morgan fingerprint density at radius 2 is 1.58 bits per heavy atom. The van der Waals surface area contributed by atoms with Crippen LogP contribution in [0.3, 0.4) is 0 Å². The van der Waals surface area contributed by atoms with E-state index in [0.29, 0.717) is 6.42 Å². The summed E-state index contributed by atoms with van der Waals surface area (Å²) in [6.45, 7) is 1.91. The van der Waals surface area contributed by atoms with Gasteiger partial charge in [-0.2, -0.15) is 0 Å². The van der Waals surface area contributed by atoms with Crippen LogP contribution in [0.1, 0.15) is 24.5 Å². The summed E-state index contributed by atoms with van der Waals surface area (Å²) in [6.07, 6.45) is 2.37. The minimum absolute atomic E-state index is 0.663. The molecule has 2 aromatic rings. The number of rotatable bonds is 5. The molecule has 0 aliphatic heterocycles. The normalized spacial score (nSPS) is 14.1. The quantitative estimate of drug-likeness (QED) is 0.867. The summed E-state index contributed by atoms with van der Waals surface area (Å²) in [4.78, 5) is 0. The van der Waals surface area contributed by atoms with Gasteiger partial charge >= 0.3 is 0 Å². The van der Waals surface area contributed by atoms with Crippen molar-refractivity contribution in [3.63, 3.8) is 0 Å². The smallest absolute Gasteiger partial charge is 0.0663 e. The predicted octanol–water partition coefficient (Wildman–Crippen LogP) is 4.38. The predicted molar refractivity (Wildman–Crippen MR) is 83.2 cm³/mol. The molecule has 1 nitrogen and oxygen atoms in total. The van der Waals surface area contributed by atoms with Gasteiger partial charge in [-0.3, -0.25) is 0 Å². The maximum Gasteiger partial charge on any atom is 0.0663 e. The van der Waals surface area contributed by atoms with E-state index in [1.54, 1.807) is 0 Å². The van der Waals surface area contributed by atoms with E-state index in [9.17, 15) is 5.11 Å². The van der Waals surface area contributed by atoms with E-state index in [2.05, 4.69) is 40.2 Å². The summed E-state index contributed by atoms with van der Waals surface area (Å²) in [5.74, 6) is 0. The first-order chi connectivity index (χ1) is 9.05. The summed E-state index contributed by atoms with van der Waals surface area (Å²) in [5.41, 5.74) is 1.78. The van der Waals surface area contributed by atoms with Gasteiger partial charge in [-0.1, -0.05) is 58.4 Å². The van der Waals surface area contributed by atoms with Crippen LogP contribution in [-0.4, -0.2) is 10.7 Å². The maximum atomic E-state index is 10.5. The maximum absolute atomic E-state index is 10.5. The van der Waals surface area contributed by atoms with Crippen LogP contribution in [0, 0.1) is 0 Å². The Labute approximate surface area is 123 Å². The van der Waals surface area contributed by atoms with E-state index in [0.717, 1.165) is 17.3 Å². The van der Waals surface area contributed by atoms with Crippen molar-refractivity contribution in [3.05, 3.63) is 70.2 Å². The molecule has 0 aliphatic carbocycles. The summed E-state index contributed by atoms with van der Waals surface area (Å²) in [6, 6.07) is 18.5. The molecule has 0 radical (unpaired) electrons. The highest BCUT2D eigenvalue weighted by Gasteiger charge is 2.20. The first kappa shape index (κ1) is 14.3. The van der Waals surface area contributed by atoms with E-state index in [1.807, 2.05) is 37.3 Å². The first-order valence-electron chi connectivity index (χ1n) is 6.56. The average molecular weight is 319 g/mol. The van der Waals surface area contributed by atoms with Crippen molar-refractivity contribution in [1.82, 2.24) is 0 Å². The van der Waals surface area contributed by atoms with Gasteiger partial charge < -0.3 is 5.11 Å². The molecule has 19 heavy (non-hydrogen) atoms. The second-order valence-corrected chi connectivity index (χ2v) is 6.20. The zero-order chi connectivity index (χ0) is 13.7. The number of hydrogen-bond donors (Lipinski definition) is 1. The summed E-state index contributed by atoms with van der Waals surface area (Å²) >= 11 is 3.42. The van der Waals surface area contributed by atoms with Crippen LogP contribution < -0.4 is 0 Å². The number of aliphatic hydroxyl groups is 1. The van der Waals surface area contributed by atoms with Crippen molar-refractivity contribution in [3.8, 4) is 0 Å². The van der Waals surface area contributed by atoms with Gasteiger partial charge in [0.15, 0.2) is 0 Å². The summed E-state index contributed by atoms with van der Waals surface area (Å²) in [7, 11) is 0. The molecule has 2 rings (SSSR count). The topological polar surface area (TPSA) is 20.2 Å². The van der Waals surface area contributed by atoms with E-state index >= 15 is 0 Å². The van der Waals surface area contributed by atoms with Gasteiger partial charge in [-0.05, 0) is 43.0 Å². The van der Waals surface area contributed by atoms with Gasteiger partial charge in [0.05, 0.1) is 5.60 Å². The molecule has 0 amide bonds. The van der Waals surface area contributed by atoms with E-state index < -0.39 is 5.60 Å². The lowest BCUT2D eigenvalue weighted by molar-refractivity contribution is 0.0516. The highest BCUT2D eigenvalue weighted by atomic mass is 79.9. The fourth-order valence-electron chi connectivity index (χ4n) is 2.19. The van der Waals surface area contributed by atoms with Crippen molar-refractivity contribution < 1.29 is 5.11 Å². The Morgan fingerprint density at radius 1 is 0.947 bits per heavy atom.